The normalized spacial score (nSPS) is 12.0. The number of hydrogen-bond acceptors (Lipinski definition) is 5. The topological polar surface area (TPSA) is 72.5 Å². The maximum Gasteiger partial charge on any atom is 0.262 e. The summed E-state index contributed by atoms with van der Waals surface area (Å²) in [5.74, 6) is 1.34. The lowest BCUT2D eigenvalue weighted by Gasteiger charge is -2.30. The molecule has 0 fully saturated rings. The average Bonchev–Trinajstić information content (AvgIpc) is 3.09. The van der Waals surface area contributed by atoms with Gasteiger partial charge in [0.1, 0.15) is 0 Å². The van der Waals surface area contributed by atoms with Crippen molar-refractivity contribution in [3.05, 3.63) is 34.6 Å². The van der Waals surface area contributed by atoms with Gasteiger partial charge in [-0.3, -0.25) is 18.6 Å². The molecule has 0 radical (unpaired) electrons. The molecule has 0 aliphatic carbocycles. The first-order valence-electron chi connectivity index (χ1n) is 10.5. The average molecular weight is 430 g/mol. The number of amides is 1. The van der Waals surface area contributed by atoms with Gasteiger partial charge in [0.25, 0.3) is 5.56 Å². The smallest absolute Gasteiger partial charge is 0.262 e. The van der Waals surface area contributed by atoms with E-state index in [1.807, 2.05) is 61.3 Å². The maximum absolute atomic E-state index is 13.1. The molecule has 3 rings (SSSR count). The monoisotopic (exact) mass is 429 g/mol. The summed E-state index contributed by atoms with van der Waals surface area (Å²) < 4.78 is 3.61. The maximum atomic E-state index is 13.1. The first-order chi connectivity index (χ1) is 14.2. The van der Waals surface area contributed by atoms with E-state index in [9.17, 15) is 9.59 Å². The third-order valence-electron chi connectivity index (χ3n) is 5.13. The summed E-state index contributed by atoms with van der Waals surface area (Å²) in [6, 6.07) is 7.78. The van der Waals surface area contributed by atoms with E-state index in [2.05, 4.69) is 24.0 Å². The molecular weight excluding hydrogens is 398 g/mol. The van der Waals surface area contributed by atoms with Gasteiger partial charge in [-0.2, -0.15) is 0 Å². The molecule has 0 bridgehead atoms. The molecule has 0 N–H and O–H groups in total. The molecule has 0 spiro atoms. The Labute approximate surface area is 181 Å². The van der Waals surface area contributed by atoms with E-state index in [4.69, 9.17) is 0 Å². The Morgan fingerprint density at radius 1 is 1.07 bits per heavy atom. The molecule has 0 saturated carbocycles. The Hall–Kier alpha value is -2.35. The highest BCUT2D eigenvalue weighted by Crippen LogP contribution is 2.23. The number of carbonyl (C=O) groups excluding carboxylic acids is 1. The minimum atomic E-state index is -0.0513. The zero-order valence-electron chi connectivity index (χ0n) is 18.6. The number of para-hydroxylation sites is 1. The van der Waals surface area contributed by atoms with Crippen LogP contribution in [0.15, 0.2) is 34.2 Å². The van der Waals surface area contributed by atoms with E-state index >= 15 is 0 Å². The summed E-state index contributed by atoms with van der Waals surface area (Å²) >= 11 is 1.36. The lowest BCUT2D eigenvalue weighted by atomic mass is 10.1. The van der Waals surface area contributed by atoms with Crippen LogP contribution in [0.5, 0.6) is 0 Å². The first-order valence-corrected chi connectivity index (χ1v) is 11.5. The number of hydrogen-bond donors (Lipinski definition) is 0. The summed E-state index contributed by atoms with van der Waals surface area (Å²) in [6.07, 6.45) is 0.874. The summed E-state index contributed by atoms with van der Waals surface area (Å²) in [5, 5.41) is 9.93. The molecule has 7 nitrogen and oxygen atoms in total. The van der Waals surface area contributed by atoms with Crippen LogP contribution >= 0.6 is 11.8 Å². The van der Waals surface area contributed by atoms with Crippen LogP contribution in [0.2, 0.25) is 0 Å². The fourth-order valence-electron chi connectivity index (χ4n) is 3.79. The van der Waals surface area contributed by atoms with E-state index < -0.39 is 0 Å². The molecule has 0 unspecified atom stereocenters. The fraction of sp³-hybridized carbons (Fsp3) is 0.545. The molecule has 30 heavy (non-hydrogen) atoms. The van der Waals surface area contributed by atoms with Gasteiger partial charge >= 0.3 is 0 Å². The number of thioether (sulfide) groups is 1. The minimum Gasteiger partial charge on any atom is -0.337 e. The second kappa shape index (κ2) is 9.20. The van der Waals surface area contributed by atoms with Crippen LogP contribution in [-0.2, 0) is 11.3 Å². The zero-order chi connectivity index (χ0) is 22.0. The summed E-state index contributed by atoms with van der Waals surface area (Å²) in [6.45, 7) is 12.9. The van der Waals surface area contributed by atoms with Gasteiger partial charge in [0.2, 0.25) is 11.7 Å². The van der Waals surface area contributed by atoms with E-state index in [0.29, 0.717) is 28.8 Å². The van der Waals surface area contributed by atoms with Crippen LogP contribution in [-0.4, -0.2) is 47.8 Å². The van der Waals surface area contributed by atoms with Crippen molar-refractivity contribution < 1.29 is 4.79 Å². The van der Waals surface area contributed by atoms with E-state index in [0.717, 1.165) is 11.9 Å². The second-order valence-electron chi connectivity index (χ2n) is 8.55. The van der Waals surface area contributed by atoms with Crippen molar-refractivity contribution in [2.45, 2.75) is 71.7 Å². The lowest BCUT2D eigenvalue weighted by molar-refractivity contribution is -0.131. The molecule has 1 aromatic carbocycles. The molecule has 0 aliphatic rings. The van der Waals surface area contributed by atoms with Crippen LogP contribution < -0.4 is 5.56 Å². The Kier molecular flexibility index (Phi) is 6.85. The molecule has 0 atom stereocenters. The molecule has 2 aromatic heterocycles. The number of carbonyl (C=O) groups is 1. The van der Waals surface area contributed by atoms with Gasteiger partial charge in [-0.15, -0.1) is 10.2 Å². The Morgan fingerprint density at radius 3 is 2.37 bits per heavy atom. The molecule has 8 heteroatoms. The summed E-state index contributed by atoms with van der Waals surface area (Å²) in [5.41, 5.74) is 0.715. The Morgan fingerprint density at radius 2 is 1.73 bits per heavy atom. The van der Waals surface area contributed by atoms with E-state index in [1.165, 1.54) is 11.8 Å². The van der Waals surface area contributed by atoms with Gasteiger partial charge in [0.05, 0.1) is 16.7 Å². The standard InChI is InChI=1S/C22H31N5O2S/c1-14(2)11-12-25-20(29)17-9-7-8-10-18(17)27-21(25)23-24-22(27)30-13-19(28)26(15(3)4)16(5)6/h7-10,14-16H,11-13H2,1-6H3. The quantitative estimate of drug-likeness (QED) is 0.509. The van der Waals surface area contributed by atoms with E-state index in [1.54, 1.807) is 4.57 Å². The highest BCUT2D eigenvalue weighted by Gasteiger charge is 2.22. The predicted octanol–water partition coefficient (Wildman–Crippen LogP) is 3.83. The van der Waals surface area contributed by atoms with Crippen molar-refractivity contribution in [1.29, 1.82) is 0 Å². The Balaban J connectivity index is 2.03. The molecule has 3 aromatic rings. The van der Waals surface area contributed by atoms with Crippen LogP contribution in [0, 0.1) is 5.92 Å². The van der Waals surface area contributed by atoms with Gasteiger partial charge in [0, 0.05) is 18.6 Å². The number of benzene rings is 1. The van der Waals surface area contributed by atoms with E-state index in [-0.39, 0.29) is 29.3 Å². The van der Waals surface area contributed by atoms with Crippen LogP contribution in [0.1, 0.15) is 48.0 Å². The molecule has 0 saturated heterocycles. The van der Waals surface area contributed by atoms with Crippen LogP contribution in [0.25, 0.3) is 16.7 Å². The van der Waals surface area contributed by atoms with Gasteiger partial charge in [-0.05, 0) is 52.2 Å². The molecule has 1 amide bonds. The van der Waals surface area contributed by atoms with Crippen LogP contribution in [0.4, 0.5) is 0 Å². The van der Waals surface area contributed by atoms with Crippen molar-refractivity contribution in [1.82, 2.24) is 24.1 Å². The highest BCUT2D eigenvalue weighted by atomic mass is 32.2. The van der Waals surface area contributed by atoms with Crippen molar-refractivity contribution in [3.63, 3.8) is 0 Å². The number of rotatable bonds is 8. The van der Waals surface area contributed by atoms with Crippen molar-refractivity contribution >= 4 is 34.3 Å². The number of nitrogens with zero attached hydrogens (tertiary/aromatic N) is 5. The number of aromatic nitrogens is 4. The van der Waals surface area contributed by atoms with Gasteiger partial charge < -0.3 is 4.90 Å². The minimum absolute atomic E-state index is 0.0513. The van der Waals surface area contributed by atoms with Crippen molar-refractivity contribution in [3.8, 4) is 0 Å². The Bertz CT molecular complexity index is 1090. The SMILES string of the molecule is CC(C)CCn1c(=O)c2ccccc2n2c(SCC(=O)N(C(C)C)C(C)C)nnc12. The van der Waals surface area contributed by atoms with Gasteiger partial charge in [0.15, 0.2) is 5.16 Å². The summed E-state index contributed by atoms with van der Waals surface area (Å²) in [4.78, 5) is 27.8. The molecule has 0 aliphatic heterocycles. The first kappa shape index (κ1) is 22.3. The van der Waals surface area contributed by atoms with Crippen molar-refractivity contribution in [2.75, 3.05) is 5.75 Å². The summed E-state index contributed by atoms with van der Waals surface area (Å²) in [7, 11) is 0. The molecule has 162 valence electrons. The third kappa shape index (κ3) is 4.38. The largest absolute Gasteiger partial charge is 0.337 e. The zero-order valence-corrected chi connectivity index (χ0v) is 19.4. The number of fused-ring (bicyclic) bond motifs is 3. The predicted molar refractivity (Wildman–Crippen MR) is 122 cm³/mol. The molecule has 2 heterocycles. The highest BCUT2D eigenvalue weighted by molar-refractivity contribution is 7.99. The lowest BCUT2D eigenvalue weighted by Crippen LogP contribution is -2.43. The van der Waals surface area contributed by atoms with Gasteiger partial charge in [-0.25, -0.2) is 0 Å². The second-order valence-corrected chi connectivity index (χ2v) is 9.49. The third-order valence-corrected chi connectivity index (χ3v) is 6.05. The van der Waals surface area contributed by atoms with Crippen LogP contribution in [0.3, 0.4) is 0 Å². The number of aryl methyl sites for hydroxylation is 1. The fourth-order valence-corrected chi connectivity index (χ4v) is 4.60. The van der Waals surface area contributed by atoms with Crippen molar-refractivity contribution in [2.24, 2.45) is 5.92 Å². The van der Waals surface area contributed by atoms with Gasteiger partial charge in [-0.1, -0.05) is 37.7 Å². The molecular formula is C22H31N5O2S.